The molecule has 36 heavy (non-hydrogen) atoms. The van der Waals surface area contributed by atoms with E-state index in [9.17, 15) is 9.59 Å². The predicted octanol–water partition coefficient (Wildman–Crippen LogP) is 6.88. The number of nitrogens with zero attached hydrogens (tertiary/aromatic N) is 1. The maximum Gasteiger partial charge on any atom is 0.232 e. The summed E-state index contributed by atoms with van der Waals surface area (Å²) in [5.74, 6) is 0.662. The number of allylic oxidation sites excluding steroid dienone is 2. The first-order valence-electron chi connectivity index (χ1n) is 13.0. The quantitative estimate of drug-likeness (QED) is 0.387. The number of rotatable bonds is 6. The number of ketones is 1. The molecule has 4 heteroatoms. The largest absolute Gasteiger partial charge is 0.494 e. The van der Waals surface area contributed by atoms with Crippen LogP contribution < -0.4 is 9.64 Å². The molecule has 0 saturated carbocycles. The number of amides is 1. The molecular weight excluding hydrogens is 446 g/mol. The Bertz CT molecular complexity index is 1320. The Morgan fingerprint density at radius 2 is 1.61 bits per heavy atom. The monoisotopic (exact) mass is 479 g/mol. The Balaban J connectivity index is 1.71. The lowest BCUT2D eigenvalue weighted by Crippen LogP contribution is -2.42. The second-order valence-electron chi connectivity index (χ2n) is 9.69. The lowest BCUT2D eigenvalue weighted by Gasteiger charge is -2.41. The van der Waals surface area contributed by atoms with Gasteiger partial charge >= 0.3 is 0 Å². The summed E-state index contributed by atoms with van der Waals surface area (Å²) in [5.41, 5.74) is 6.81. The van der Waals surface area contributed by atoms with E-state index in [1.54, 1.807) is 0 Å². The van der Waals surface area contributed by atoms with Crippen LogP contribution in [-0.2, 0) is 16.0 Å². The normalized spacial score (nSPS) is 19.9. The van der Waals surface area contributed by atoms with Crippen LogP contribution in [-0.4, -0.2) is 18.3 Å². The molecule has 0 spiro atoms. The fourth-order valence-electron chi connectivity index (χ4n) is 5.90. The highest BCUT2D eigenvalue weighted by Gasteiger charge is 2.43. The third-order valence-corrected chi connectivity index (χ3v) is 7.52. The molecule has 0 aromatic heterocycles. The highest BCUT2D eigenvalue weighted by molar-refractivity contribution is 6.08. The zero-order valence-corrected chi connectivity index (χ0v) is 21.3. The minimum absolute atomic E-state index is 0.0376. The first-order valence-corrected chi connectivity index (χ1v) is 13.0. The average Bonchev–Trinajstić information content (AvgIpc) is 2.89. The zero-order chi connectivity index (χ0) is 25.2. The molecule has 3 aromatic rings. The molecule has 4 nitrogen and oxygen atoms in total. The van der Waals surface area contributed by atoms with E-state index in [4.69, 9.17) is 4.74 Å². The van der Waals surface area contributed by atoms with Gasteiger partial charge in [-0.3, -0.25) is 14.5 Å². The van der Waals surface area contributed by atoms with E-state index in [0.717, 1.165) is 51.4 Å². The molecular formula is C32H33NO3. The summed E-state index contributed by atoms with van der Waals surface area (Å²) >= 11 is 0. The average molecular weight is 480 g/mol. The van der Waals surface area contributed by atoms with E-state index in [1.807, 2.05) is 60.4 Å². The fraction of sp³-hybridized carbons (Fsp3) is 0.312. The van der Waals surface area contributed by atoms with Gasteiger partial charge in [-0.25, -0.2) is 0 Å². The van der Waals surface area contributed by atoms with Gasteiger partial charge in [0.05, 0.1) is 12.3 Å². The van der Waals surface area contributed by atoms with E-state index in [0.29, 0.717) is 19.4 Å². The van der Waals surface area contributed by atoms with Gasteiger partial charge in [0, 0.05) is 35.6 Å². The van der Waals surface area contributed by atoms with Gasteiger partial charge in [-0.1, -0.05) is 73.7 Å². The SMILES string of the molecule is CCOc1ccccc1C1CC(=O)N(c2c(C)cccc2CC)C2=C1C(=O)CC(c1ccccc1)C2. The third kappa shape index (κ3) is 4.26. The van der Waals surface area contributed by atoms with Crippen molar-refractivity contribution in [3.63, 3.8) is 0 Å². The summed E-state index contributed by atoms with van der Waals surface area (Å²) in [5, 5.41) is 0. The Morgan fingerprint density at radius 3 is 2.36 bits per heavy atom. The van der Waals surface area contributed by atoms with Crippen molar-refractivity contribution in [1.29, 1.82) is 0 Å². The third-order valence-electron chi connectivity index (χ3n) is 7.52. The number of ether oxygens (including phenoxy) is 1. The van der Waals surface area contributed by atoms with Crippen LogP contribution in [0, 0.1) is 6.92 Å². The van der Waals surface area contributed by atoms with Crippen molar-refractivity contribution in [2.75, 3.05) is 11.5 Å². The lowest BCUT2D eigenvalue weighted by molar-refractivity contribution is -0.120. The minimum atomic E-state index is -0.301. The highest BCUT2D eigenvalue weighted by atomic mass is 16.5. The minimum Gasteiger partial charge on any atom is -0.494 e. The number of carbonyl (C=O) groups excluding carboxylic acids is 2. The predicted molar refractivity (Wildman–Crippen MR) is 143 cm³/mol. The number of aryl methyl sites for hydroxylation is 2. The van der Waals surface area contributed by atoms with Crippen LogP contribution in [0.3, 0.4) is 0 Å². The molecule has 5 rings (SSSR count). The van der Waals surface area contributed by atoms with Crippen molar-refractivity contribution in [2.24, 2.45) is 0 Å². The Morgan fingerprint density at radius 1 is 0.861 bits per heavy atom. The first kappa shape index (κ1) is 24.1. The standard InChI is InChI=1S/C32H33NO3/c1-4-22-15-11-12-21(3)32(22)33-27-18-24(23-13-7-6-8-14-23)19-28(34)31(27)26(20-30(33)35)25-16-9-10-17-29(25)36-5-2/h6-17,24,26H,4-5,18-20H2,1-3H3. The number of Topliss-reactive ketones (excluding diaryl/α,β-unsaturated/α-hetero) is 1. The van der Waals surface area contributed by atoms with Crippen molar-refractivity contribution in [1.82, 2.24) is 0 Å². The van der Waals surface area contributed by atoms with Crippen LogP contribution in [0.25, 0.3) is 0 Å². The smallest absolute Gasteiger partial charge is 0.232 e. The molecule has 0 saturated heterocycles. The maximum absolute atomic E-state index is 14.0. The Kier molecular flexibility index (Phi) is 6.77. The lowest BCUT2D eigenvalue weighted by atomic mass is 9.72. The van der Waals surface area contributed by atoms with Crippen molar-refractivity contribution in [2.45, 2.75) is 58.3 Å². The van der Waals surface area contributed by atoms with Crippen LogP contribution in [0.2, 0.25) is 0 Å². The van der Waals surface area contributed by atoms with Gasteiger partial charge in [0.15, 0.2) is 5.78 Å². The topological polar surface area (TPSA) is 46.6 Å². The molecule has 2 atom stereocenters. The molecule has 1 heterocycles. The number of para-hydroxylation sites is 2. The number of carbonyl (C=O) groups is 2. The van der Waals surface area contributed by atoms with Crippen LogP contribution >= 0.6 is 0 Å². The highest BCUT2D eigenvalue weighted by Crippen LogP contribution is 2.49. The molecule has 0 bridgehead atoms. The number of anilines is 1. The van der Waals surface area contributed by atoms with Gasteiger partial charge in [0.25, 0.3) is 0 Å². The van der Waals surface area contributed by atoms with Crippen LogP contribution in [0.5, 0.6) is 5.75 Å². The van der Waals surface area contributed by atoms with Gasteiger partial charge in [-0.15, -0.1) is 0 Å². The number of hydrogen-bond acceptors (Lipinski definition) is 3. The van der Waals surface area contributed by atoms with Crippen molar-refractivity contribution < 1.29 is 14.3 Å². The zero-order valence-electron chi connectivity index (χ0n) is 21.3. The van der Waals surface area contributed by atoms with E-state index in [1.165, 1.54) is 0 Å². The van der Waals surface area contributed by atoms with Crippen molar-refractivity contribution in [3.05, 3.63) is 106 Å². The van der Waals surface area contributed by atoms with Crippen LogP contribution in [0.4, 0.5) is 5.69 Å². The van der Waals surface area contributed by atoms with Crippen LogP contribution in [0.15, 0.2) is 84.1 Å². The van der Waals surface area contributed by atoms with E-state index in [2.05, 4.69) is 38.1 Å². The molecule has 3 aromatic carbocycles. The molecule has 184 valence electrons. The number of hydrogen-bond donors (Lipinski definition) is 0. The Hall–Kier alpha value is -3.66. The summed E-state index contributed by atoms with van der Waals surface area (Å²) in [4.78, 5) is 29.8. The number of benzene rings is 3. The first-order chi connectivity index (χ1) is 17.5. The van der Waals surface area contributed by atoms with E-state index < -0.39 is 0 Å². The summed E-state index contributed by atoms with van der Waals surface area (Å²) in [6, 6.07) is 24.2. The second-order valence-corrected chi connectivity index (χ2v) is 9.69. The summed E-state index contributed by atoms with van der Waals surface area (Å²) < 4.78 is 5.94. The van der Waals surface area contributed by atoms with E-state index >= 15 is 0 Å². The summed E-state index contributed by atoms with van der Waals surface area (Å²) in [6.45, 7) is 6.65. The van der Waals surface area contributed by atoms with Gasteiger partial charge in [0.2, 0.25) is 5.91 Å². The molecule has 2 aliphatic rings. The molecule has 1 aliphatic heterocycles. The Labute approximate surface area is 213 Å². The molecule has 0 fully saturated rings. The molecule has 0 N–H and O–H groups in total. The van der Waals surface area contributed by atoms with Crippen molar-refractivity contribution in [3.8, 4) is 5.75 Å². The van der Waals surface area contributed by atoms with Crippen molar-refractivity contribution >= 4 is 17.4 Å². The summed E-state index contributed by atoms with van der Waals surface area (Å²) in [7, 11) is 0. The maximum atomic E-state index is 14.0. The van der Waals surface area contributed by atoms with Gasteiger partial charge in [0.1, 0.15) is 5.75 Å². The molecule has 2 unspecified atom stereocenters. The van der Waals surface area contributed by atoms with Gasteiger partial charge in [-0.2, -0.15) is 0 Å². The fourth-order valence-corrected chi connectivity index (χ4v) is 5.90. The summed E-state index contributed by atoms with van der Waals surface area (Å²) in [6.07, 6.45) is 2.17. The molecule has 1 aliphatic carbocycles. The second kappa shape index (κ2) is 10.1. The van der Waals surface area contributed by atoms with Crippen LogP contribution in [0.1, 0.15) is 67.2 Å². The molecule has 0 radical (unpaired) electrons. The van der Waals surface area contributed by atoms with Gasteiger partial charge in [-0.05, 0) is 55.4 Å². The molecule has 1 amide bonds. The van der Waals surface area contributed by atoms with E-state index in [-0.39, 0.29) is 29.9 Å². The van der Waals surface area contributed by atoms with Gasteiger partial charge < -0.3 is 4.74 Å².